The lowest BCUT2D eigenvalue weighted by atomic mass is 10.1. The van der Waals surface area contributed by atoms with Crippen molar-refractivity contribution in [3.63, 3.8) is 0 Å². The van der Waals surface area contributed by atoms with Crippen molar-refractivity contribution in [2.24, 2.45) is 0 Å². The van der Waals surface area contributed by atoms with E-state index in [1.165, 1.54) is 23.2 Å². The van der Waals surface area contributed by atoms with Gasteiger partial charge in [-0.15, -0.1) is 0 Å². The standard InChI is InChI=1S/C17H15F3N4O/c1-23(2)16(25)10-24-7-6-13-14(24)8-11(9-21-13)12-4-3-5-15(22-12)17(18,19)20/h3-9H,10H2,1-2H3. The van der Waals surface area contributed by atoms with Crippen molar-refractivity contribution in [2.45, 2.75) is 12.7 Å². The summed E-state index contributed by atoms with van der Waals surface area (Å²) in [5.41, 5.74) is 0.990. The molecular formula is C17H15F3N4O. The number of pyridine rings is 2. The van der Waals surface area contributed by atoms with Gasteiger partial charge in [-0.05, 0) is 24.3 Å². The minimum atomic E-state index is -4.51. The minimum absolute atomic E-state index is 0.0971. The Morgan fingerprint density at radius 1 is 1.24 bits per heavy atom. The van der Waals surface area contributed by atoms with Crippen LogP contribution in [0.3, 0.4) is 0 Å². The first-order valence-corrected chi connectivity index (χ1v) is 7.45. The summed E-state index contributed by atoms with van der Waals surface area (Å²) in [5, 5.41) is 0. The molecule has 130 valence electrons. The number of alkyl halides is 3. The van der Waals surface area contributed by atoms with Gasteiger partial charge in [0.05, 0.1) is 16.7 Å². The quantitative estimate of drug-likeness (QED) is 0.730. The van der Waals surface area contributed by atoms with Crippen LogP contribution in [0.2, 0.25) is 0 Å². The summed E-state index contributed by atoms with van der Waals surface area (Å²) in [7, 11) is 3.31. The molecule has 3 rings (SSSR count). The summed E-state index contributed by atoms with van der Waals surface area (Å²) in [6, 6.07) is 7.17. The molecule has 25 heavy (non-hydrogen) atoms. The number of fused-ring (bicyclic) bond motifs is 1. The molecule has 0 aliphatic heterocycles. The van der Waals surface area contributed by atoms with Crippen LogP contribution in [-0.4, -0.2) is 39.4 Å². The average Bonchev–Trinajstić information content (AvgIpc) is 2.96. The fraction of sp³-hybridized carbons (Fsp3) is 0.235. The van der Waals surface area contributed by atoms with Gasteiger partial charge < -0.3 is 9.47 Å². The number of aromatic nitrogens is 3. The molecule has 0 fully saturated rings. The molecule has 3 aromatic rings. The van der Waals surface area contributed by atoms with Gasteiger partial charge in [-0.2, -0.15) is 13.2 Å². The Kier molecular flexibility index (Phi) is 4.20. The zero-order chi connectivity index (χ0) is 18.2. The van der Waals surface area contributed by atoms with Crippen LogP contribution >= 0.6 is 0 Å². The molecule has 8 heteroatoms. The maximum atomic E-state index is 12.8. The smallest absolute Gasteiger partial charge is 0.347 e. The number of carbonyl (C=O) groups excluding carboxylic acids is 1. The maximum Gasteiger partial charge on any atom is 0.433 e. The SMILES string of the molecule is CN(C)C(=O)Cn1ccc2ncc(-c3cccc(C(F)(F)F)n3)cc21. The van der Waals surface area contributed by atoms with Gasteiger partial charge in [0.1, 0.15) is 12.2 Å². The van der Waals surface area contributed by atoms with Gasteiger partial charge in [0, 0.05) is 32.1 Å². The monoisotopic (exact) mass is 348 g/mol. The first kappa shape index (κ1) is 16.9. The summed E-state index contributed by atoms with van der Waals surface area (Å²) in [5.74, 6) is -0.0971. The van der Waals surface area contributed by atoms with Crippen molar-refractivity contribution in [1.29, 1.82) is 0 Å². The fourth-order valence-corrected chi connectivity index (χ4v) is 2.38. The summed E-state index contributed by atoms with van der Waals surface area (Å²) >= 11 is 0. The van der Waals surface area contributed by atoms with Gasteiger partial charge in [0.15, 0.2) is 0 Å². The summed E-state index contributed by atoms with van der Waals surface area (Å²) in [4.78, 5) is 21.3. The lowest BCUT2D eigenvalue weighted by Gasteiger charge is -2.12. The Morgan fingerprint density at radius 3 is 2.68 bits per heavy atom. The molecular weight excluding hydrogens is 333 g/mol. The number of amides is 1. The molecule has 0 aliphatic carbocycles. The maximum absolute atomic E-state index is 12.8. The molecule has 0 bridgehead atoms. The highest BCUT2D eigenvalue weighted by Crippen LogP contribution is 2.30. The van der Waals surface area contributed by atoms with E-state index in [0.29, 0.717) is 16.6 Å². The molecule has 0 saturated carbocycles. The number of rotatable bonds is 3. The van der Waals surface area contributed by atoms with E-state index in [2.05, 4.69) is 9.97 Å². The molecule has 3 aromatic heterocycles. The molecule has 0 aromatic carbocycles. The topological polar surface area (TPSA) is 51.0 Å². The molecule has 1 amide bonds. The number of nitrogens with zero attached hydrogens (tertiary/aromatic N) is 4. The first-order chi connectivity index (χ1) is 11.8. The number of hydrogen-bond donors (Lipinski definition) is 0. The Labute approximate surface area is 141 Å². The lowest BCUT2D eigenvalue weighted by molar-refractivity contribution is -0.141. The van der Waals surface area contributed by atoms with Crippen LogP contribution in [0.1, 0.15) is 5.69 Å². The second-order valence-corrected chi connectivity index (χ2v) is 5.77. The lowest BCUT2D eigenvalue weighted by Crippen LogP contribution is -2.25. The van der Waals surface area contributed by atoms with E-state index >= 15 is 0 Å². The normalized spacial score (nSPS) is 11.7. The van der Waals surface area contributed by atoms with Crippen LogP contribution in [0.5, 0.6) is 0 Å². The van der Waals surface area contributed by atoms with Crippen molar-refractivity contribution in [3.8, 4) is 11.3 Å². The number of halogens is 3. The van der Waals surface area contributed by atoms with Gasteiger partial charge >= 0.3 is 6.18 Å². The van der Waals surface area contributed by atoms with Crippen molar-refractivity contribution < 1.29 is 18.0 Å². The third-order valence-corrected chi connectivity index (χ3v) is 3.76. The Hall–Kier alpha value is -2.90. The molecule has 0 saturated heterocycles. The van der Waals surface area contributed by atoms with E-state index in [1.54, 1.807) is 37.0 Å². The van der Waals surface area contributed by atoms with E-state index in [-0.39, 0.29) is 18.1 Å². The van der Waals surface area contributed by atoms with Crippen LogP contribution in [-0.2, 0) is 17.5 Å². The van der Waals surface area contributed by atoms with Crippen LogP contribution in [0.4, 0.5) is 13.2 Å². The van der Waals surface area contributed by atoms with Crippen LogP contribution in [0.25, 0.3) is 22.3 Å². The van der Waals surface area contributed by atoms with E-state index < -0.39 is 11.9 Å². The largest absolute Gasteiger partial charge is 0.433 e. The average molecular weight is 348 g/mol. The van der Waals surface area contributed by atoms with Crippen LogP contribution < -0.4 is 0 Å². The molecule has 0 aliphatic rings. The van der Waals surface area contributed by atoms with Gasteiger partial charge in [0.25, 0.3) is 0 Å². The molecule has 0 N–H and O–H groups in total. The van der Waals surface area contributed by atoms with Gasteiger partial charge in [-0.1, -0.05) is 6.07 Å². The molecule has 0 atom stereocenters. The predicted octanol–water partition coefficient (Wildman–Crippen LogP) is 3.21. The second-order valence-electron chi connectivity index (χ2n) is 5.77. The van der Waals surface area contributed by atoms with Crippen molar-refractivity contribution in [3.05, 3.63) is 48.4 Å². The van der Waals surface area contributed by atoms with Crippen molar-refractivity contribution in [1.82, 2.24) is 19.4 Å². The number of likely N-dealkylation sites (N-methyl/N-ethyl adjacent to an activating group) is 1. The number of hydrogen-bond acceptors (Lipinski definition) is 3. The molecule has 0 radical (unpaired) electrons. The molecule has 0 spiro atoms. The summed E-state index contributed by atoms with van der Waals surface area (Å²) in [6.07, 6.45) is -1.31. The van der Waals surface area contributed by atoms with E-state index in [0.717, 1.165) is 6.07 Å². The Balaban J connectivity index is 2.02. The van der Waals surface area contributed by atoms with Crippen molar-refractivity contribution in [2.75, 3.05) is 14.1 Å². The third-order valence-electron chi connectivity index (χ3n) is 3.76. The van der Waals surface area contributed by atoms with Crippen LogP contribution in [0, 0.1) is 0 Å². The highest BCUT2D eigenvalue weighted by Gasteiger charge is 2.32. The third kappa shape index (κ3) is 3.47. The van der Waals surface area contributed by atoms with Gasteiger partial charge in [0.2, 0.25) is 5.91 Å². The number of carbonyl (C=O) groups is 1. The van der Waals surface area contributed by atoms with Crippen molar-refractivity contribution >= 4 is 16.9 Å². The highest BCUT2D eigenvalue weighted by atomic mass is 19.4. The van der Waals surface area contributed by atoms with E-state index in [9.17, 15) is 18.0 Å². The van der Waals surface area contributed by atoms with Crippen LogP contribution in [0.15, 0.2) is 42.7 Å². The zero-order valence-corrected chi connectivity index (χ0v) is 13.6. The molecule has 0 unspecified atom stereocenters. The first-order valence-electron chi connectivity index (χ1n) is 7.45. The van der Waals surface area contributed by atoms with Gasteiger partial charge in [-0.3, -0.25) is 9.78 Å². The molecule has 5 nitrogen and oxygen atoms in total. The Morgan fingerprint density at radius 2 is 2.00 bits per heavy atom. The summed E-state index contributed by atoms with van der Waals surface area (Å²) < 4.78 is 40.2. The predicted molar refractivity (Wildman–Crippen MR) is 86.7 cm³/mol. The summed E-state index contributed by atoms with van der Waals surface area (Å²) in [6.45, 7) is 0.123. The Bertz CT molecular complexity index is 931. The highest BCUT2D eigenvalue weighted by molar-refractivity contribution is 5.83. The fourth-order valence-electron chi connectivity index (χ4n) is 2.38. The molecule has 3 heterocycles. The zero-order valence-electron chi connectivity index (χ0n) is 13.6. The van der Waals surface area contributed by atoms with E-state index in [4.69, 9.17) is 0 Å². The van der Waals surface area contributed by atoms with E-state index in [1.807, 2.05) is 0 Å². The minimum Gasteiger partial charge on any atom is -0.347 e. The van der Waals surface area contributed by atoms with Gasteiger partial charge in [-0.25, -0.2) is 4.98 Å². The second kappa shape index (κ2) is 6.19.